The maximum absolute atomic E-state index is 5.73. The maximum Gasteiger partial charge on any atom is 0.161 e. The molecule has 0 aromatic heterocycles. The summed E-state index contributed by atoms with van der Waals surface area (Å²) in [5, 5.41) is 0. The van der Waals surface area contributed by atoms with Crippen LogP contribution in [0.2, 0.25) is 0 Å². The Balaban J connectivity index is 2.98. The molecule has 18 heavy (non-hydrogen) atoms. The summed E-state index contributed by atoms with van der Waals surface area (Å²) in [6.45, 7) is 10.3. The molecule has 1 aromatic rings. The standard InChI is InChI=1S/C15H25NO2/c1-5-17-14-8-7-13(9-15(14)18-6-2)12(4)11(3)10-16/h7-9,11-12H,5-6,10,16H2,1-4H3. The summed E-state index contributed by atoms with van der Waals surface area (Å²) in [6, 6.07) is 6.17. The van der Waals surface area contributed by atoms with Gasteiger partial charge in [0.05, 0.1) is 13.2 Å². The fraction of sp³-hybridized carbons (Fsp3) is 0.600. The molecule has 0 aliphatic heterocycles. The molecule has 0 amide bonds. The van der Waals surface area contributed by atoms with Crippen molar-refractivity contribution in [3.05, 3.63) is 23.8 Å². The van der Waals surface area contributed by atoms with Crippen LogP contribution in [0.5, 0.6) is 11.5 Å². The first kappa shape index (κ1) is 14.8. The molecule has 2 atom stereocenters. The lowest BCUT2D eigenvalue weighted by Gasteiger charge is -2.20. The lowest BCUT2D eigenvalue weighted by Crippen LogP contribution is -2.17. The second-order valence-electron chi connectivity index (χ2n) is 4.57. The zero-order valence-corrected chi connectivity index (χ0v) is 11.9. The van der Waals surface area contributed by atoms with Crippen LogP contribution in [0.25, 0.3) is 0 Å². The van der Waals surface area contributed by atoms with E-state index in [1.807, 2.05) is 19.9 Å². The molecule has 0 aliphatic carbocycles. The minimum Gasteiger partial charge on any atom is -0.490 e. The average molecular weight is 251 g/mol. The minimum absolute atomic E-state index is 0.421. The van der Waals surface area contributed by atoms with Crippen LogP contribution >= 0.6 is 0 Å². The van der Waals surface area contributed by atoms with Crippen LogP contribution in [0.3, 0.4) is 0 Å². The van der Waals surface area contributed by atoms with Crippen molar-refractivity contribution < 1.29 is 9.47 Å². The summed E-state index contributed by atoms with van der Waals surface area (Å²) in [6.07, 6.45) is 0. The quantitative estimate of drug-likeness (QED) is 0.809. The number of nitrogens with two attached hydrogens (primary N) is 1. The third kappa shape index (κ3) is 3.64. The molecular weight excluding hydrogens is 226 g/mol. The van der Waals surface area contributed by atoms with E-state index in [1.54, 1.807) is 0 Å². The Morgan fingerprint density at radius 3 is 2.22 bits per heavy atom. The molecule has 3 nitrogen and oxygen atoms in total. The Labute approximate surface area is 110 Å². The smallest absolute Gasteiger partial charge is 0.161 e. The first-order chi connectivity index (χ1) is 8.63. The molecule has 0 fully saturated rings. The number of ether oxygens (including phenoxy) is 2. The van der Waals surface area contributed by atoms with Gasteiger partial charge in [0.2, 0.25) is 0 Å². The number of hydrogen-bond acceptors (Lipinski definition) is 3. The van der Waals surface area contributed by atoms with Gasteiger partial charge in [-0.1, -0.05) is 19.9 Å². The SMILES string of the molecule is CCOc1ccc(C(C)C(C)CN)cc1OCC. The highest BCUT2D eigenvalue weighted by atomic mass is 16.5. The van der Waals surface area contributed by atoms with E-state index in [0.717, 1.165) is 11.5 Å². The van der Waals surface area contributed by atoms with Crippen molar-refractivity contribution in [3.63, 3.8) is 0 Å². The average Bonchev–Trinajstić information content (AvgIpc) is 2.39. The Bertz CT molecular complexity index is 366. The van der Waals surface area contributed by atoms with Crippen molar-refractivity contribution in [2.75, 3.05) is 19.8 Å². The molecule has 0 spiro atoms. The van der Waals surface area contributed by atoms with Crippen molar-refractivity contribution in [3.8, 4) is 11.5 Å². The van der Waals surface area contributed by atoms with E-state index in [1.165, 1.54) is 5.56 Å². The van der Waals surface area contributed by atoms with E-state index >= 15 is 0 Å². The van der Waals surface area contributed by atoms with E-state index < -0.39 is 0 Å². The molecule has 102 valence electrons. The van der Waals surface area contributed by atoms with Crippen LogP contribution in [-0.4, -0.2) is 19.8 Å². The number of hydrogen-bond donors (Lipinski definition) is 1. The fourth-order valence-corrected chi connectivity index (χ4v) is 1.88. The topological polar surface area (TPSA) is 44.5 Å². The Morgan fingerprint density at radius 1 is 1.06 bits per heavy atom. The highest BCUT2D eigenvalue weighted by Gasteiger charge is 2.15. The van der Waals surface area contributed by atoms with E-state index in [4.69, 9.17) is 15.2 Å². The van der Waals surface area contributed by atoms with Crippen molar-refractivity contribution in [1.29, 1.82) is 0 Å². The summed E-state index contributed by atoms with van der Waals surface area (Å²) in [5.74, 6) is 2.52. The third-order valence-corrected chi connectivity index (χ3v) is 3.32. The van der Waals surface area contributed by atoms with E-state index in [9.17, 15) is 0 Å². The van der Waals surface area contributed by atoms with Gasteiger partial charge in [-0.05, 0) is 49.9 Å². The van der Waals surface area contributed by atoms with Gasteiger partial charge >= 0.3 is 0 Å². The zero-order chi connectivity index (χ0) is 13.5. The van der Waals surface area contributed by atoms with Gasteiger partial charge in [-0.2, -0.15) is 0 Å². The number of rotatable bonds is 7. The maximum atomic E-state index is 5.73. The highest BCUT2D eigenvalue weighted by Crippen LogP contribution is 2.33. The molecule has 0 bridgehead atoms. The molecule has 0 saturated carbocycles. The summed E-state index contributed by atoms with van der Waals surface area (Å²) in [4.78, 5) is 0. The predicted molar refractivity (Wildman–Crippen MR) is 75.4 cm³/mol. The first-order valence-electron chi connectivity index (χ1n) is 6.73. The van der Waals surface area contributed by atoms with Crippen LogP contribution in [0.4, 0.5) is 0 Å². The van der Waals surface area contributed by atoms with Gasteiger partial charge in [0.15, 0.2) is 11.5 Å². The first-order valence-corrected chi connectivity index (χ1v) is 6.73. The molecule has 0 aliphatic rings. The second kappa shape index (κ2) is 7.27. The van der Waals surface area contributed by atoms with Crippen LogP contribution in [0, 0.1) is 5.92 Å². The summed E-state index contributed by atoms with van der Waals surface area (Å²) >= 11 is 0. The van der Waals surface area contributed by atoms with Crippen molar-refractivity contribution in [2.24, 2.45) is 11.7 Å². The predicted octanol–water partition coefficient (Wildman–Crippen LogP) is 3.18. The fourth-order valence-electron chi connectivity index (χ4n) is 1.88. The largest absolute Gasteiger partial charge is 0.490 e. The van der Waals surface area contributed by atoms with Crippen LogP contribution in [0.1, 0.15) is 39.2 Å². The second-order valence-corrected chi connectivity index (χ2v) is 4.57. The molecule has 1 aromatic carbocycles. The summed E-state index contributed by atoms with van der Waals surface area (Å²) in [5.41, 5.74) is 6.98. The molecule has 3 heteroatoms. The minimum atomic E-state index is 0.421. The highest BCUT2D eigenvalue weighted by molar-refractivity contribution is 5.44. The number of benzene rings is 1. The molecule has 1 rings (SSSR count). The van der Waals surface area contributed by atoms with Gasteiger partial charge in [-0.25, -0.2) is 0 Å². The van der Waals surface area contributed by atoms with Gasteiger partial charge in [0, 0.05) is 0 Å². The zero-order valence-electron chi connectivity index (χ0n) is 11.9. The van der Waals surface area contributed by atoms with Crippen molar-refractivity contribution in [1.82, 2.24) is 0 Å². The Hall–Kier alpha value is -1.22. The molecule has 2 N–H and O–H groups in total. The summed E-state index contributed by atoms with van der Waals surface area (Å²) < 4.78 is 11.2. The molecular formula is C15H25NO2. The van der Waals surface area contributed by atoms with Crippen molar-refractivity contribution in [2.45, 2.75) is 33.6 Å². The summed E-state index contributed by atoms with van der Waals surface area (Å²) in [7, 11) is 0. The normalized spacial score (nSPS) is 14.1. The van der Waals surface area contributed by atoms with E-state index in [-0.39, 0.29) is 0 Å². The van der Waals surface area contributed by atoms with Gasteiger partial charge < -0.3 is 15.2 Å². The van der Waals surface area contributed by atoms with Gasteiger partial charge in [0.1, 0.15) is 0 Å². The molecule has 0 heterocycles. The van der Waals surface area contributed by atoms with Crippen molar-refractivity contribution >= 4 is 0 Å². The van der Waals surface area contributed by atoms with E-state index in [2.05, 4.69) is 26.0 Å². The van der Waals surface area contributed by atoms with Crippen LogP contribution in [0.15, 0.2) is 18.2 Å². The van der Waals surface area contributed by atoms with Crippen LogP contribution in [-0.2, 0) is 0 Å². The van der Waals surface area contributed by atoms with Gasteiger partial charge in [-0.15, -0.1) is 0 Å². The molecule has 0 saturated heterocycles. The Kier molecular flexibility index (Phi) is 5.99. The lowest BCUT2D eigenvalue weighted by atomic mass is 9.89. The third-order valence-electron chi connectivity index (χ3n) is 3.32. The molecule has 0 radical (unpaired) electrons. The molecule has 2 unspecified atom stereocenters. The van der Waals surface area contributed by atoms with Gasteiger partial charge in [-0.3, -0.25) is 0 Å². The van der Waals surface area contributed by atoms with E-state index in [0.29, 0.717) is 31.6 Å². The Morgan fingerprint density at radius 2 is 1.67 bits per heavy atom. The monoisotopic (exact) mass is 251 g/mol. The van der Waals surface area contributed by atoms with Gasteiger partial charge in [0.25, 0.3) is 0 Å². The lowest BCUT2D eigenvalue weighted by molar-refractivity contribution is 0.287. The van der Waals surface area contributed by atoms with Crippen LogP contribution < -0.4 is 15.2 Å².